The van der Waals surface area contributed by atoms with Gasteiger partial charge in [-0.05, 0) is 44.5 Å². The van der Waals surface area contributed by atoms with Gasteiger partial charge in [-0.25, -0.2) is 4.98 Å². The second-order valence-electron chi connectivity index (χ2n) is 5.35. The van der Waals surface area contributed by atoms with Crippen LogP contribution in [0, 0.1) is 25.2 Å². The minimum absolute atomic E-state index is 0.133. The smallest absolute Gasteiger partial charge is 0.234 e. The number of amides is 1. The second-order valence-corrected chi connectivity index (χ2v) is 6.31. The van der Waals surface area contributed by atoms with Crippen LogP contribution in [0.25, 0.3) is 0 Å². The summed E-state index contributed by atoms with van der Waals surface area (Å²) < 4.78 is 0. The molecule has 6 heteroatoms. The van der Waals surface area contributed by atoms with Crippen LogP contribution in [0.5, 0.6) is 0 Å². The number of rotatable bonds is 5. The van der Waals surface area contributed by atoms with Crippen LogP contribution < -0.4 is 5.32 Å². The van der Waals surface area contributed by atoms with E-state index in [1.54, 1.807) is 6.92 Å². The average Bonchev–Trinajstić information content (AvgIpc) is 2.52. The summed E-state index contributed by atoms with van der Waals surface area (Å²) in [4.78, 5) is 27.9. The van der Waals surface area contributed by atoms with Crippen molar-refractivity contribution in [3.05, 3.63) is 52.7 Å². The first-order chi connectivity index (χ1) is 11.4. The number of anilines is 1. The molecule has 122 valence electrons. The maximum atomic E-state index is 12.1. The predicted molar refractivity (Wildman–Crippen MR) is 94.2 cm³/mol. The Labute approximate surface area is 145 Å². The number of aromatic nitrogens is 1. The van der Waals surface area contributed by atoms with Gasteiger partial charge in [0.05, 0.1) is 11.3 Å². The molecule has 1 heterocycles. The lowest BCUT2D eigenvalue weighted by Gasteiger charge is -2.08. The largest absolute Gasteiger partial charge is 0.325 e. The van der Waals surface area contributed by atoms with E-state index in [4.69, 9.17) is 0 Å². The zero-order chi connectivity index (χ0) is 17.7. The lowest BCUT2D eigenvalue weighted by Crippen LogP contribution is -2.14. The molecule has 0 aliphatic heterocycles. The third-order valence-electron chi connectivity index (χ3n) is 3.32. The van der Waals surface area contributed by atoms with Crippen molar-refractivity contribution >= 4 is 29.1 Å². The van der Waals surface area contributed by atoms with Gasteiger partial charge < -0.3 is 5.32 Å². The highest BCUT2D eigenvalue weighted by Crippen LogP contribution is 2.23. The molecule has 0 saturated carbocycles. The first-order valence-corrected chi connectivity index (χ1v) is 8.31. The molecular weight excluding hydrogens is 322 g/mol. The molecule has 5 nitrogen and oxygen atoms in total. The van der Waals surface area contributed by atoms with Crippen LogP contribution in [0.2, 0.25) is 0 Å². The van der Waals surface area contributed by atoms with Gasteiger partial charge in [-0.2, -0.15) is 5.26 Å². The van der Waals surface area contributed by atoms with Crippen molar-refractivity contribution < 1.29 is 9.59 Å². The third-order valence-corrected chi connectivity index (χ3v) is 4.31. The molecule has 24 heavy (non-hydrogen) atoms. The van der Waals surface area contributed by atoms with Crippen molar-refractivity contribution in [1.29, 1.82) is 5.26 Å². The summed E-state index contributed by atoms with van der Waals surface area (Å²) in [5, 5.41) is 12.5. The fourth-order valence-corrected chi connectivity index (χ4v) is 2.99. The Morgan fingerprint density at radius 2 is 2.04 bits per heavy atom. The summed E-state index contributed by atoms with van der Waals surface area (Å²) in [6.07, 6.45) is 0. The number of hydrogen-bond acceptors (Lipinski definition) is 5. The van der Waals surface area contributed by atoms with E-state index in [1.807, 2.05) is 37.3 Å². The topological polar surface area (TPSA) is 82.8 Å². The molecule has 0 unspecified atom stereocenters. The highest BCUT2D eigenvalue weighted by molar-refractivity contribution is 8.00. The number of carbonyl (C=O) groups excluding carboxylic acids is 2. The van der Waals surface area contributed by atoms with E-state index >= 15 is 0 Å². The van der Waals surface area contributed by atoms with Crippen molar-refractivity contribution in [3.8, 4) is 6.07 Å². The minimum atomic E-state index is -0.176. The Morgan fingerprint density at radius 1 is 1.29 bits per heavy atom. The van der Waals surface area contributed by atoms with Gasteiger partial charge in [-0.1, -0.05) is 23.9 Å². The van der Waals surface area contributed by atoms with Crippen LogP contribution in [0.4, 0.5) is 5.69 Å². The first kappa shape index (κ1) is 17.7. The number of hydrogen-bond donors (Lipinski definition) is 1. The molecule has 1 aromatic heterocycles. The highest BCUT2D eigenvalue weighted by Gasteiger charge is 2.14. The fourth-order valence-electron chi connectivity index (χ4n) is 2.18. The van der Waals surface area contributed by atoms with Gasteiger partial charge in [0.15, 0.2) is 5.78 Å². The number of benzene rings is 1. The number of nitriles is 1. The molecule has 0 atom stereocenters. The van der Waals surface area contributed by atoms with Crippen LogP contribution in [0.15, 0.2) is 35.4 Å². The van der Waals surface area contributed by atoms with Gasteiger partial charge in [0, 0.05) is 16.9 Å². The van der Waals surface area contributed by atoms with Crippen LogP contribution in [-0.2, 0) is 4.79 Å². The number of aryl methyl sites for hydroxylation is 2. The molecule has 0 fully saturated rings. The summed E-state index contributed by atoms with van der Waals surface area (Å²) >= 11 is 1.18. The lowest BCUT2D eigenvalue weighted by atomic mass is 10.1. The van der Waals surface area contributed by atoms with Crippen molar-refractivity contribution in [1.82, 2.24) is 4.98 Å². The predicted octanol–water partition coefficient (Wildman–Crippen LogP) is 3.50. The Balaban J connectivity index is 2.09. The van der Waals surface area contributed by atoms with Crippen LogP contribution >= 0.6 is 11.8 Å². The summed E-state index contributed by atoms with van der Waals surface area (Å²) in [5.41, 5.74) is 3.09. The van der Waals surface area contributed by atoms with E-state index in [0.717, 1.165) is 11.3 Å². The first-order valence-electron chi connectivity index (χ1n) is 7.32. The number of Topliss-reactive ketones (excluding diaryl/α,β-unsaturated/α-hetero) is 1. The van der Waals surface area contributed by atoms with Gasteiger partial charge in [0.1, 0.15) is 11.1 Å². The molecule has 1 aromatic carbocycles. The summed E-state index contributed by atoms with van der Waals surface area (Å²) in [5.74, 6) is -0.177. The molecule has 0 aliphatic rings. The van der Waals surface area contributed by atoms with Crippen LogP contribution in [0.3, 0.4) is 0 Å². The molecule has 1 N–H and O–H groups in total. The normalized spacial score (nSPS) is 10.1. The fraction of sp³-hybridized carbons (Fsp3) is 0.222. The van der Waals surface area contributed by atoms with E-state index in [2.05, 4.69) is 10.3 Å². The van der Waals surface area contributed by atoms with Crippen LogP contribution in [0.1, 0.15) is 34.1 Å². The molecule has 2 aromatic rings. The van der Waals surface area contributed by atoms with Crippen molar-refractivity contribution in [2.45, 2.75) is 25.8 Å². The Bertz CT molecular complexity index is 841. The summed E-state index contributed by atoms with van der Waals surface area (Å²) in [6, 6.07) is 11.1. The van der Waals surface area contributed by atoms with Gasteiger partial charge in [-0.15, -0.1) is 0 Å². The maximum Gasteiger partial charge on any atom is 0.234 e. The summed E-state index contributed by atoms with van der Waals surface area (Å²) in [7, 11) is 0. The third kappa shape index (κ3) is 4.43. The van der Waals surface area contributed by atoms with Crippen molar-refractivity contribution in [2.75, 3.05) is 11.1 Å². The standard InChI is InChI=1S/C18H17N3O2S/c1-11-5-4-6-15(7-11)21-17(23)10-24-18-14(9-19)8-16(13(3)22)12(2)20-18/h4-8H,10H2,1-3H3,(H,21,23). The zero-order valence-corrected chi connectivity index (χ0v) is 14.5. The number of pyridine rings is 1. The SMILES string of the molecule is CC(=O)c1cc(C#N)c(SCC(=O)Nc2cccc(C)c2)nc1C. The number of thioether (sulfide) groups is 1. The molecule has 2 rings (SSSR count). The number of ketones is 1. The zero-order valence-electron chi connectivity index (χ0n) is 13.7. The molecule has 1 amide bonds. The van der Waals surface area contributed by atoms with Gasteiger partial charge >= 0.3 is 0 Å². The quantitative estimate of drug-likeness (QED) is 0.666. The van der Waals surface area contributed by atoms with Crippen molar-refractivity contribution in [2.24, 2.45) is 0 Å². The molecule has 0 saturated heterocycles. The Hall–Kier alpha value is -2.65. The number of nitrogens with zero attached hydrogens (tertiary/aromatic N) is 2. The minimum Gasteiger partial charge on any atom is -0.325 e. The molecule has 0 aliphatic carbocycles. The van der Waals surface area contributed by atoms with E-state index in [1.165, 1.54) is 24.8 Å². The number of carbonyl (C=O) groups is 2. The maximum absolute atomic E-state index is 12.1. The number of nitrogens with one attached hydrogen (secondary N) is 1. The van der Waals surface area contributed by atoms with E-state index in [-0.39, 0.29) is 17.4 Å². The monoisotopic (exact) mass is 339 g/mol. The Kier molecular flexibility index (Phi) is 5.72. The van der Waals surface area contributed by atoms with Gasteiger partial charge in [-0.3, -0.25) is 9.59 Å². The van der Waals surface area contributed by atoms with Gasteiger partial charge in [0.25, 0.3) is 0 Å². The van der Waals surface area contributed by atoms with E-state index < -0.39 is 0 Å². The second kappa shape index (κ2) is 7.75. The molecule has 0 bridgehead atoms. The van der Waals surface area contributed by atoms with Crippen molar-refractivity contribution in [3.63, 3.8) is 0 Å². The van der Waals surface area contributed by atoms with E-state index in [0.29, 0.717) is 21.8 Å². The average molecular weight is 339 g/mol. The Morgan fingerprint density at radius 3 is 2.67 bits per heavy atom. The molecule has 0 spiro atoms. The lowest BCUT2D eigenvalue weighted by molar-refractivity contribution is -0.113. The highest BCUT2D eigenvalue weighted by atomic mass is 32.2. The summed E-state index contributed by atoms with van der Waals surface area (Å²) in [6.45, 7) is 5.11. The molecular formula is C18H17N3O2S. The van der Waals surface area contributed by atoms with Gasteiger partial charge in [0.2, 0.25) is 5.91 Å². The van der Waals surface area contributed by atoms with Crippen LogP contribution in [-0.4, -0.2) is 22.4 Å². The molecule has 0 radical (unpaired) electrons. The van der Waals surface area contributed by atoms with E-state index in [9.17, 15) is 14.9 Å².